The van der Waals surface area contributed by atoms with Crippen LogP contribution in [0, 0.1) is 5.92 Å². The van der Waals surface area contributed by atoms with E-state index in [2.05, 4.69) is 4.74 Å². The number of alkyl halides is 2. The molecule has 1 spiro atoms. The van der Waals surface area contributed by atoms with Gasteiger partial charge in [-0.05, 0) is 31.4 Å². The first-order chi connectivity index (χ1) is 10.8. The fraction of sp³-hybridized carbons (Fsp3) is 0.500. The predicted octanol–water partition coefficient (Wildman–Crippen LogP) is 1.92. The minimum absolute atomic E-state index is 0.110. The second kappa shape index (κ2) is 5.41. The van der Waals surface area contributed by atoms with E-state index in [1.165, 1.54) is 22.5 Å². The van der Waals surface area contributed by atoms with Gasteiger partial charge >= 0.3 is 12.6 Å². The summed E-state index contributed by atoms with van der Waals surface area (Å²) in [6.07, 6.45) is 1.24. The zero-order chi connectivity index (χ0) is 16.8. The van der Waals surface area contributed by atoms with Gasteiger partial charge in [-0.15, -0.1) is 0 Å². The van der Waals surface area contributed by atoms with Crippen LogP contribution in [0.3, 0.4) is 0 Å². The van der Waals surface area contributed by atoms with Crippen molar-refractivity contribution >= 4 is 16.0 Å². The molecule has 2 aliphatic rings. The van der Waals surface area contributed by atoms with Gasteiger partial charge in [0.2, 0.25) is 10.0 Å². The second-order valence-electron chi connectivity index (χ2n) is 5.71. The quantitative estimate of drug-likeness (QED) is 0.880. The van der Waals surface area contributed by atoms with Crippen LogP contribution in [0.15, 0.2) is 29.2 Å². The van der Waals surface area contributed by atoms with Crippen LogP contribution in [0.4, 0.5) is 8.78 Å². The van der Waals surface area contributed by atoms with Crippen LogP contribution in [0.5, 0.6) is 5.75 Å². The largest absolute Gasteiger partial charge is 0.481 e. The third-order valence-electron chi connectivity index (χ3n) is 4.45. The van der Waals surface area contributed by atoms with Crippen molar-refractivity contribution in [2.75, 3.05) is 6.54 Å². The van der Waals surface area contributed by atoms with Gasteiger partial charge in [0.1, 0.15) is 5.75 Å². The Hall–Kier alpha value is -1.74. The van der Waals surface area contributed by atoms with E-state index in [1.807, 2.05) is 0 Å². The van der Waals surface area contributed by atoms with Crippen molar-refractivity contribution in [3.63, 3.8) is 0 Å². The summed E-state index contributed by atoms with van der Waals surface area (Å²) in [6.45, 7) is -2.94. The van der Waals surface area contributed by atoms with Crippen molar-refractivity contribution in [3.05, 3.63) is 24.3 Å². The third kappa shape index (κ3) is 2.67. The van der Waals surface area contributed by atoms with Crippen molar-refractivity contribution in [1.82, 2.24) is 4.31 Å². The molecule has 0 radical (unpaired) electrons. The molecule has 23 heavy (non-hydrogen) atoms. The molecule has 2 fully saturated rings. The molecule has 1 N–H and O–H groups in total. The van der Waals surface area contributed by atoms with Crippen molar-refractivity contribution in [2.45, 2.75) is 36.3 Å². The Kier molecular flexibility index (Phi) is 3.80. The molecule has 3 rings (SSSR count). The average molecular weight is 347 g/mol. The number of carbonyl (C=O) groups is 1. The second-order valence-corrected chi connectivity index (χ2v) is 7.58. The summed E-state index contributed by atoms with van der Waals surface area (Å²) in [5.41, 5.74) is -0.871. The number of carboxylic acid groups (broad SMARTS) is 1. The van der Waals surface area contributed by atoms with Crippen molar-refractivity contribution in [1.29, 1.82) is 0 Å². The van der Waals surface area contributed by atoms with E-state index < -0.39 is 34.1 Å². The van der Waals surface area contributed by atoms with E-state index in [1.54, 1.807) is 0 Å². The summed E-state index contributed by atoms with van der Waals surface area (Å²) in [5, 5.41) is 9.26. The van der Waals surface area contributed by atoms with Crippen LogP contribution in [-0.4, -0.2) is 42.5 Å². The van der Waals surface area contributed by atoms with Crippen LogP contribution in [0.2, 0.25) is 0 Å². The Morgan fingerprint density at radius 2 is 2.09 bits per heavy atom. The maximum absolute atomic E-state index is 12.8. The summed E-state index contributed by atoms with van der Waals surface area (Å²) >= 11 is 0. The monoisotopic (exact) mass is 347 g/mol. The standard InChI is InChI=1S/C14H15F2NO5S/c15-13(16)22-9-2-1-3-10(8-9)23(20,21)17-7-4-11(12(18)19)14(17)5-6-14/h1-3,8,11,13H,4-7H2,(H,18,19). The Balaban J connectivity index is 1.92. The topological polar surface area (TPSA) is 83.9 Å². The summed E-state index contributed by atoms with van der Waals surface area (Å²) < 4.78 is 55.6. The first kappa shape index (κ1) is 16.1. The smallest absolute Gasteiger partial charge is 0.387 e. The molecule has 1 aromatic carbocycles. The first-order valence-corrected chi connectivity index (χ1v) is 8.52. The van der Waals surface area contributed by atoms with E-state index in [0.717, 1.165) is 6.07 Å². The highest BCUT2D eigenvalue weighted by molar-refractivity contribution is 7.89. The van der Waals surface area contributed by atoms with Crippen molar-refractivity contribution in [2.24, 2.45) is 5.92 Å². The van der Waals surface area contributed by atoms with Gasteiger partial charge in [0.15, 0.2) is 0 Å². The summed E-state index contributed by atoms with van der Waals surface area (Å²) in [6, 6.07) is 4.88. The number of sulfonamides is 1. The van der Waals surface area contributed by atoms with Gasteiger partial charge in [-0.25, -0.2) is 8.42 Å². The van der Waals surface area contributed by atoms with Gasteiger partial charge in [0, 0.05) is 18.2 Å². The molecular formula is C14H15F2NO5S. The molecule has 1 aliphatic carbocycles. The molecule has 1 atom stereocenters. The lowest BCUT2D eigenvalue weighted by Gasteiger charge is -2.26. The molecular weight excluding hydrogens is 332 g/mol. The highest BCUT2D eigenvalue weighted by atomic mass is 32.2. The number of rotatable bonds is 5. The lowest BCUT2D eigenvalue weighted by atomic mass is 9.99. The zero-order valence-electron chi connectivity index (χ0n) is 12.0. The summed E-state index contributed by atoms with van der Waals surface area (Å²) in [7, 11) is -3.96. The van der Waals surface area contributed by atoms with Crippen molar-refractivity contribution in [3.8, 4) is 5.75 Å². The highest BCUT2D eigenvalue weighted by Crippen LogP contribution is 2.55. The van der Waals surface area contributed by atoms with Crippen molar-refractivity contribution < 1.29 is 31.8 Å². The molecule has 1 heterocycles. The fourth-order valence-electron chi connectivity index (χ4n) is 3.29. The van der Waals surface area contributed by atoms with Gasteiger partial charge in [-0.3, -0.25) is 4.79 Å². The summed E-state index contributed by atoms with van der Waals surface area (Å²) in [5.74, 6) is -1.98. The number of halogens is 2. The molecule has 9 heteroatoms. The molecule has 0 aromatic heterocycles. The van der Waals surface area contributed by atoms with E-state index >= 15 is 0 Å². The maximum Gasteiger partial charge on any atom is 0.387 e. The number of ether oxygens (including phenoxy) is 1. The molecule has 6 nitrogen and oxygen atoms in total. The van der Waals surface area contributed by atoms with E-state index in [4.69, 9.17) is 0 Å². The SMILES string of the molecule is O=C(O)C1CCN(S(=O)(=O)c2cccc(OC(F)F)c2)C12CC2. The fourth-order valence-corrected chi connectivity index (χ4v) is 5.19. The van der Waals surface area contributed by atoms with Gasteiger partial charge in [0.25, 0.3) is 0 Å². The van der Waals surface area contributed by atoms with Gasteiger partial charge < -0.3 is 9.84 Å². The van der Waals surface area contributed by atoms with Crippen LogP contribution < -0.4 is 4.74 Å². The van der Waals surface area contributed by atoms with E-state index in [-0.39, 0.29) is 23.6 Å². The highest BCUT2D eigenvalue weighted by Gasteiger charge is 2.63. The van der Waals surface area contributed by atoms with E-state index in [0.29, 0.717) is 12.8 Å². The minimum atomic E-state index is -3.96. The maximum atomic E-state index is 12.8. The first-order valence-electron chi connectivity index (χ1n) is 7.08. The Morgan fingerprint density at radius 1 is 1.39 bits per heavy atom. The Morgan fingerprint density at radius 3 is 2.65 bits per heavy atom. The zero-order valence-corrected chi connectivity index (χ0v) is 12.8. The molecule has 0 bridgehead atoms. The lowest BCUT2D eigenvalue weighted by Crippen LogP contribution is -2.41. The molecule has 126 valence electrons. The van der Waals surface area contributed by atoms with E-state index in [9.17, 15) is 27.1 Å². The number of nitrogens with zero attached hydrogens (tertiary/aromatic N) is 1. The minimum Gasteiger partial charge on any atom is -0.481 e. The summed E-state index contributed by atoms with van der Waals surface area (Å²) in [4.78, 5) is 11.1. The number of aliphatic carboxylic acids is 1. The van der Waals surface area contributed by atoms with Crippen LogP contribution in [0.1, 0.15) is 19.3 Å². The normalized spacial score (nSPS) is 23.3. The number of hydrogen-bond donors (Lipinski definition) is 1. The third-order valence-corrected chi connectivity index (χ3v) is 6.42. The molecule has 1 aliphatic heterocycles. The average Bonchev–Trinajstić information content (AvgIpc) is 3.11. The van der Waals surface area contributed by atoms with Gasteiger partial charge in [-0.1, -0.05) is 6.07 Å². The molecule has 0 amide bonds. The van der Waals surface area contributed by atoms with Gasteiger partial charge in [0.05, 0.1) is 10.8 Å². The number of hydrogen-bond acceptors (Lipinski definition) is 4. The molecule has 1 unspecified atom stereocenters. The Labute approximate surface area is 131 Å². The lowest BCUT2D eigenvalue weighted by molar-refractivity contribution is -0.142. The number of benzene rings is 1. The molecule has 1 saturated carbocycles. The molecule has 1 saturated heterocycles. The predicted molar refractivity (Wildman–Crippen MR) is 74.7 cm³/mol. The number of carboxylic acids is 1. The Bertz CT molecular complexity index is 732. The van der Waals surface area contributed by atoms with Gasteiger partial charge in [-0.2, -0.15) is 13.1 Å². The van der Waals surface area contributed by atoms with Crippen LogP contribution >= 0.6 is 0 Å². The molecule has 1 aromatic rings. The van der Waals surface area contributed by atoms with Crippen LogP contribution in [0.25, 0.3) is 0 Å². The van der Waals surface area contributed by atoms with Crippen LogP contribution in [-0.2, 0) is 14.8 Å².